The number of aromatic nitrogens is 3. The Morgan fingerprint density at radius 3 is 2.59 bits per heavy atom. The lowest BCUT2D eigenvalue weighted by Crippen LogP contribution is -2.23. The van der Waals surface area contributed by atoms with Crippen LogP contribution >= 0.6 is 11.3 Å². The van der Waals surface area contributed by atoms with E-state index in [1.54, 1.807) is 29.5 Å². The highest BCUT2D eigenvalue weighted by Gasteiger charge is 2.16. The Morgan fingerprint density at radius 1 is 1.03 bits per heavy atom. The van der Waals surface area contributed by atoms with Gasteiger partial charge in [-0.05, 0) is 24.6 Å². The van der Waals surface area contributed by atoms with Gasteiger partial charge in [0.2, 0.25) is 21.7 Å². The van der Waals surface area contributed by atoms with Crippen LogP contribution in [0.3, 0.4) is 0 Å². The van der Waals surface area contributed by atoms with E-state index in [-0.39, 0.29) is 17.3 Å². The first-order chi connectivity index (χ1) is 14.0. The summed E-state index contributed by atoms with van der Waals surface area (Å²) in [5.74, 6) is 0.582. The largest absolute Gasteiger partial charge is 0.338 e. The van der Waals surface area contributed by atoms with E-state index in [0.29, 0.717) is 5.82 Å². The SMILES string of the molecule is CCc1nc(-c2cccc(-c3noc(CNS(=O)(=O)c4ccccc4)n3)c2)cs1. The molecule has 0 unspecified atom stereocenters. The van der Waals surface area contributed by atoms with E-state index in [0.717, 1.165) is 28.2 Å². The van der Waals surface area contributed by atoms with E-state index in [9.17, 15) is 8.42 Å². The molecule has 1 N–H and O–H groups in total. The molecular weight excluding hydrogens is 408 g/mol. The summed E-state index contributed by atoms with van der Waals surface area (Å²) in [6.45, 7) is 1.99. The first-order valence-electron chi connectivity index (χ1n) is 8.97. The molecule has 0 aliphatic heterocycles. The minimum Gasteiger partial charge on any atom is -0.338 e. The van der Waals surface area contributed by atoms with Crippen LogP contribution in [-0.2, 0) is 23.0 Å². The van der Waals surface area contributed by atoms with Crippen LogP contribution in [-0.4, -0.2) is 23.5 Å². The first kappa shape index (κ1) is 19.4. The van der Waals surface area contributed by atoms with Crippen molar-refractivity contribution in [1.82, 2.24) is 19.8 Å². The number of nitrogens with one attached hydrogen (secondary N) is 1. The summed E-state index contributed by atoms with van der Waals surface area (Å²) >= 11 is 1.63. The van der Waals surface area contributed by atoms with E-state index in [1.807, 2.05) is 29.6 Å². The molecule has 7 nitrogen and oxygen atoms in total. The molecule has 0 saturated carbocycles. The third kappa shape index (κ3) is 4.42. The maximum Gasteiger partial charge on any atom is 0.242 e. The summed E-state index contributed by atoms with van der Waals surface area (Å²) in [5.41, 5.74) is 2.65. The lowest BCUT2D eigenvalue weighted by molar-refractivity contribution is 0.376. The molecule has 2 aromatic heterocycles. The molecule has 0 amide bonds. The summed E-state index contributed by atoms with van der Waals surface area (Å²) in [7, 11) is -3.64. The van der Waals surface area contributed by atoms with Crippen LogP contribution in [0.5, 0.6) is 0 Å². The lowest BCUT2D eigenvalue weighted by atomic mass is 10.1. The quantitative estimate of drug-likeness (QED) is 0.481. The highest BCUT2D eigenvalue weighted by molar-refractivity contribution is 7.89. The van der Waals surface area contributed by atoms with Crippen molar-refractivity contribution >= 4 is 21.4 Å². The smallest absolute Gasteiger partial charge is 0.242 e. The second kappa shape index (κ2) is 8.24. The van der Waals surface area contributed by atoms with Gasteiger partial charge in [-0.15, -0.1) is 11.3 Å². The van der Waals surface area contributed by atoms with Crippen LogP contribution in [0.15, 0.2) is 69.4 Å². The zero-order valence-electron chi connectivity index (χ0n) is 15.6. The number of aryl methyl sites for hydroxylation is 1. The van der Waals surface area contributed by atoms with Gasteiger partial charge in [-0.1, -0.05) is 48.5 Å². The van der Waals surface area contributed by atoms with Gasteiger partial charge in [0, 0.05) is 16.5 Å². The maximum absolute atomic E-state index is 12.3. The number of hydrogen-bond acceptors (Lipinski definition) is 7. The Kier molecular flexibility index (Phi) is 5.52. The first-order valence-corrected chi connectivity index (χ1v) is 11.3. The minimum absolute atomic E-state index is 0.0874. The van der Waals surface area contributed by atoms with Gasteiger partial charge >= 0.3 is 0 Å². The number of thiazole rings is 1. The summed E-state index contributed by atoms with van der Waals surface area (Å²) in [6, 6.07) is 15.8. The molecule has 9 heteroatoms. The summed E-state index contributed by atoms with van der Waals surface area (Å²) in [4.78, 5) is 9.10. The van der Waals surface area contributed by atoms with Gasteiger partial charge in [0.1, 0.15) is 0 Å². The van der Waals surface area contributed by atoms with Crippen molar-refractivity contribution in [3.63, 3.8) is 0 Å². The fourth-order valence-electron chi connectivity index (χ4n) is 2.71. The highest BCUT2D eigenvalue weighted by Crippen LogP contribution is 2.26. The molecule has 0 atom stereocenters. The minimum atomic E-state index is -3.64. The number of nitrogens with zero attached hydrogens (tertiary/aromatic N) is 3. The molecule has 4 rings (SSSR count). The average molecular weight is 427 g/mol. The maximum atomic E-state index is 12.3. The fourth-order valence-corrected chi connectivity index (χ4v) is 4.46. The van der Waals surface area contributed by atoms with Crippen molar-refractivity contribution in [3.05, 3.63) is 70.9 Å². The summed E-state index contributed by atoms with van der Waals surface area (Å²) < 4.78 is 32.3. The van der Waals surface area contributed by atoms with Gasteiger partial charge in [-0.3, -0.25) is 0 Å². The van der Waals surface area contributed by atoms with Crippen molar-refractivity contribution in [2.45, 2.75) is 24.8 Å². The lowest BCUT2D eigenvalue weighted by Gasteiger charge is -2.03. The summed E-state index contributed by atoms with van der Waals surface area (Å²) in [5, 5.41) is 7.08. The van der Waals surface area contributed by atoms with Gasteiger partial charge in [-0.25, -0.2) is 18.1 Å². The molecule has 0 bridgehead atoms. The normalized spacial score (nSPS) is 11.6. The second-order valence-electron chi connectivity index (χ2n) is 6.21. The Hall–Kier alpha value is -2.88. The third-order valence-corrected chi connectivity index (χ3v) is 6.62. The van der Waals surface area contributed by atoms with Gasteiger partial charge in [0.05, 0.1) is 22.1 Å². The predicted molar refractivity (Wildman–Crippen MR) is 111 cm³/mol. The van der Waals surface area contributed by atoms with Crippen LogP contribution < -0.4 is 4.72 Å². The molecule has 148 valence electrons. The highest BCUT2D eigenvalue weighted by atomic mass is 32.2. The average Bonchev–Trinajstić information content (AvgIpc) is 3.43. The number of benzene rings is 2. The Bertz CT molecular complexity index is 1220. The molecular formula is C20H18N4O3S2. The van der Waals surface area contributed by atoms with Gasteiger partial charge < -0.3 is 4.52 Å². The molecule has 0 saturated heterocycles. The molecule has 0 aliphatic rings. The van der Waals surface area contributed by atoms with Crippen LogP contribution in [0, 0.1) is 0 Å². The topological polar surface area (TPSA) is 98.0 Å². The van der Waals surface area contributed by atoms with E-state index in [2.05, 4.69) is 26.8 Å². The molecule has 0 radical (unpaired) electrons. The van der Waals surface area contributed by atoms with Crippen molar-refractivity contribution in [2.75, 3.05) is 0 Å². The van der Waals surface area contributed by atoms with E-state index >= 15 is 0 Å². The number of rotatable bonds is 7. The Balaban J connectivity index is 1.50. The Labute approximate surface area is 172 Å². The Morgan fingerprint density at radius 2 is 1.83 bits per heavy atom. The number of hydrogen-bond donors (Lipinski definition) is 1. The van der Waals surface area contributed by atoms with Crippen molar-refractivity contribution < 1.29 is 12.9 Å². The van der Waals surface area contributed by atoms with Crippen molar-refractivity contribution in [1.29, 1.82) is 0 Å². The van der Waals surface area contributed by atoms with Gasteiger partial charge in [0.25, 0.3) is 0 Å². The zero-order valence-corrected chi connectivity index (χ0v) is 17.2. The molecule has 29 heavy (non-hydrogen) atoms. The van der Waals surface area contributed by atoms with Crippen LogP contribution in [0.25, 0.3) is 22.6 Å². The van der Waals surface area contributed by atoms with E-state index in [1.165, 1.54) is 12.1 Å². The monoisotopic (exact) mass is 426 g/mol. The van der Waals surface area contributed by atoms with Gasteiger partial charge in [-0.2, -0.15) is 4.98 Å². The van der Waals surface area contributed by atoms with E-state index < -0.39 is 10.0 Å². The molecule has 4 aromatic rings. The standard InChI is InChI=1S/C20H18N4O3S2/c1-2-19-22-17(13-28-19)14-7-6-8-15(11-14)20-23-18(27-24-20)12-21-29(25,26)16-9-4-3-5-10-16/h3-11,13,21H,2,12H2,1H3. The van der Waals surface area contributed by atoms with Crippen molar-refractivity contribution in [3.8, 4) is 22.6 Å². The van der Waals surface area contributed by atoms with Crippen LogP contribution in [0.2, 0.25) is 0 Å². The molecule has 2 aromatic carbocycles. The fraction of sp³-hybridized carbons (Fsp3) is 0.150. The zero-order chi connectivity index (χ0) is 20.3. The molecule has 0 spiro atoms. The van der Waals surface area contributed by atoms with Crippen LogP contribution in [0.1, 0.15) is 17.8 Å². The summed E-state index contributed by atoms with van der Waals surface area (Å²) in [6.07, 6.45) is 0.900. The second-order valence-corrected chi connectivity index (χ2v) is 8.92. The third-order valence-electron chi connectivity index (χ3n) is 4.21. The van der Waals surface area contributed by atoms with Crippen molar-refractivity contribution in [2.24, 2.45) is 0 Å². The number of sulfonamides is 1. The molecule has 0 fully saturated rings. The molecule has 2 heterocycles. The predicted octanol–water partition coefficient (Wildman–Crippen LogP) is 3.90. The van der Waals surface area contributed by atoms with Crippen LogP contribution in [0.4, 0.5) is 0 Å². The van der Waals surface area contributed by atoms with Gasteiger partial charge in [0.15, 0.2) is 0 Å². The van der Waals surface area contributed by atoms with E-state index in [4.69, 9.17) is 4.52 Å². The molecule has 0 aliphatic carbocycles.